The number of rotatable bonds is 20. The Morgan fingerprint density at radius 2 is 0.910 bits per heavy atom. The van der Waals surface area contributed by atoms with Gasteiger partial charge in [0.25, 0.3) is 0 Å². The molecule has 0 amide bonds. The standard InChI is InChI=1S/2C22H28FN3O6S.Ca/c2*1-13(2)20-18(10-9-16(27)11-17(28)12-19(29)30)21(14-5-7-15(23)8-6-14)25-22(24-20)26(3)33(4,31)32;/h2*5-10,13,16-17,27-28H,11-12H2,1-4H3,(H,29,30);/q;;+2/p-2/b2*10-9+;/t2*16-,17-;/m00./s1. The SMILES string of the molecule is CC(C)c1nc(N(C)S(C)(=O)=O)nc(-c2ccc(F)cc2)c1/C=C/[C@H](O)C[C@H](O)CC(=O)[O-].CC(C)c1nc(N(C)S(C)(=O)=O)nc(-c2ccc(F)cc2)c1/C=C/[C@H](O)C[C@H](O)CC(=O)[O-].[Ca+2]. The number of aliphatic hydroxyl groups excluding tert-OH is 4. The van der Waals surface area contributed by atoms with Crippen LogP contribution in [0.15, 0.2) is 60.7 Å². The van der Waals surface area contributed by atoms with Gasteiger partial charge >= 0.3 is 37.7 Å². The van der Waals surface area contributed by atoms with E-state index in [9.17, 15) is 65.8 Å². The summed E-state index contributed by atoms with van der Waals surface area (Å²) in [6, 6.07) is 10.9. The van der Waals surface area contributed by atoms with Gasteiger partial charge in [0.05, 0.1) is 59.7 Å². The second kappa shape index (κ2) is 25.7. The number of aliphatic hydroxyl groups is 4. The second-order valence-electron chi connectivity index (χ2n) is 15.9. The average Bonchev–Trinajstić information content (AvgIpc) is 3.20. The number of anilines is 2. The summed E-state index contributed by atoms with van der Waals surface area (Å²) in [6.45, 7) is 7.38. The fraction of sp³-hybridized carbons (Fsp3) is 0.409. The van der Waals surface area contributed by atoms with E-state index in [4.69, 9.17) is 0 Å². The summed E-state index contributed by atoms with van der Waals surface area (Å²) in [5.41, 5.74) is 3.52. The van der Waals surface area contributed by atoms with Crippen molar-refractivity contribution >= 4 is 93.8 Å². The number of aliphatic carboxylic acids is 2. The molecule has 0 fully saturated rings. The van der Waals surface area contributed by atoms with Gasteiger partial charge in [0, 0.05) is 74.0 Å². The number of carbonyl (C=O) groups is 2. The maximum absolute atomic E-state index is 13.5. The van der Waals surface area contributed by atoms with Crippen LogP contribution in [-0.4, -0.2) is 158 Å². The van der Waals surface area contributed by atoms with Gasteiger partial charge in [-0.05, 0) is 60.4 Å². The Kier molecular flexibility index (Phi) is 22.5. The normalized spacial score (nSPS) is 13.7. The number of halogens is 2. The summed E-state index contributed by atoms with van der Waals surface area (Å²) in [7, 11) is -4.67. The van der Waals surface area contributed by atoms with E-state index < -0.39 is 80.9 Å². The Labute approximate surface area is 418 Å². The van der Waals surface area contributed by atoms with E-state index in [1.807, 2.05) is 27.7 Å². The molecule has 4 N–H and O–H groups in total. The molecular formula is C44H54CaF2N6O12S2. The largest absolute Gasteiger partial charge is 2.00 e. The van der Waals surface area contributed by atoms with Crippen LogP contribution < -0.4 is 18.8 Å². The average molecular weight is 1000 g/mol. The fourth-order valence-corrected chi connectivity index (χ4v) is 6.83. The Bertz CT molecular complexity index is 2430. The zero-order chi connectivity index (χ0) is 49.8. The maximum Gasteiger partial charge on any atom is 2.00 e. The topological polar surface area (TPSA) is 287 Å². The van der Waals surface area contributed by atoms with Crippen molar-refractivity contribution in [3.05, 3.63) is 94.8 Å². The minimum Gasteiger partial charge on any atom is -0.550 e. The number of sulfonamides is 2. The van der Waals surface area contributed by atoms with Crippen molar-refractivity contribution in [2.45, 2.75) is 89.6 Å². The van der Waals surface area contributed by atoms with E-state index >= 15 is 0 Å². The van der Waals surface area contributed by atoms with Crippen LogP contribution in [0.4, 0.5) is 20.7 Å². The molecular weight excluding hydrogens is 947 g/mol. The predicted octanol–water partition coefficient (Wildman–Crippen LogP) is 1.75. The second-order valence-corrected chi connectivity index (χ2v) is 19.9. The Balaban J connectivity index is 0.000000453. The van der Waals surface area contributed by atoms with Crippen LogP contribution in [0.2, 0.25) is 0 Å². The van der Waals surface area contributed by atoms with Gasteiger partial charge in [0.2, 0.25) is 31.9 Å². The molecule has 4 atom stereocenters. The smallest absolute Gasteiger partial charge is 0.550 e. The summed E-state index contributed by atoms with van der Waals surface area (Å²) in [4.78, 5) is 38.9. The Hall–Kier alpha value is -4.52. The summed E-state index contributed by atoms with van der Waals surface area (Å²) >= 11 is 0. The first-order chi connectivity index (χ1) is 30.6. The molecule has 4 rings (SSSR count). The van der Waals surface area contributed by atoms with E-state index in [1.165, 1.54) is 86.9 Å². The van der Waals surface area contributed by atoms with Crippen molar-refractivity contribution in [1.82, 2.24) is 19.9 Å². The first kappa shape index (κ1) is 58.6. The van der Waals surface area contributed by atoms with Gasteiger partial charge in [-0.25, -0.2) is 54.2 Å². The van der Waals surface area contributed by atoms with Crippen molar-refractivity contribution in [2.75, 3.05) is 35.2 Å². The summed E-state index contributed by atoms with van der Waals surface area (Å²) < 4.78 is 77.1. The predicted molar refractivity (Wildman–Crippen MR) is 246 cm³/mol. The van der Waals surface area contributed by atoms with Gasteiger partial charge in [0.1, 0.15) is 11.6 Å². The molecule has 2 heterocycles. The third kappa shape index (κ3) is 18.1. The number of aromatic nitrogens is 4. The molecule has 67 heavy (non-hydrogen) atoms. The minimum atomic E-state index is -3.66. The quantitative estimate of drug-likeness (QED) is 0.0918. The van der Waals surface area contributed by atoms with Crippen molar-refractivity contribution in [1.29, 1.82) is 0 Å². The number of hydrogen-bond donors (Lipinski definition) is 4. The molecule has 0 spiro atoms. The van der Waals surface area contributed by atoms with Crippen LogP contribution in [-0.2, 0) is 29.6 Å². The molecule has 0 aliphatic rings. The van der Waals surface area contributed by atoms with E-state index in [2.05, 4.69) is 19.9 Å². The number of hydrogen-bond acceptors (Lipinski definition) is 16. The zero-order valence-corrected chi connectivity index (χ0v) is 42.1. The van der Waals surface area contributed by atoms with Gasteiger partial charge in [0.15, 0.2) is 0 Å². The number of benzene rings is 2. The van der Waals surface area contributed by atoms with E-state index in [1.54, 1.807) is 0 Å². The van der Waals surface area contributed by atoms with Crippen molar-refractivity contribution < 1.29 is 65.8 Å². The van der Waals surface area contributed by atoms with Gasteiger partial charge < -0.3 is 40.2 Å². The first-order valence-electron chi connectivity index (χ1n) is 20.3. The molecule has 0 aliphatic heterocycles. The maximum atomic E-state index is 13.5. The zero-order valence-electron chi connectivity index (χ0n) is 38.2. The van der Waals surface area contributed by atoms with Gasteiger partial charge in [-0.1, -0.05) is 52.0 Å². The van der Waals surface area contributed by atoms with E-state index in [0.29, 0.717) is 45.0 Å². The van der Waals surface area contributed by atoms with Crippen LogP contribution >= 0.6 is 0 Å². The third-order valence-electron chi connectivity index (χ3n) is 9.62. The van der Waals surface area contributed by atoms with Crippen molar-refractivity contribution in [3.63, 3.8) is 0 Å². The van der Waals surface area contributed by atoms with Crippen molar-refractivity contribution in [3.8, 4) is 22.5 Å². The number of carboxylic acids is 2. The van der Waals surface area contributed by atoms with Crippen molar-refractivity contribution in [2.24, 2.45) is 0 Å². The number of carboxylic acid groups (broad SMARTS) is 2. The van der Waals surface area contributed by atoms with Gasteiger partial charge in [-0.15, -0.1) is 0 Å². The molecule has 0 radical (unpaired) electrons. The third-order valence-corrected chi connectivity index (χ3v) is 11.9. The molecule has 0 aliphatic carbocycles. The van der Waals surface area contributed by atoms with Crippen LogP contribution in [0.25, 0.3) is 34.7 Å². The van der Waals surface area contributed by atoms with Crippen LogP contribution in [0, 0.1) is 11.6 Å². The Morgan fingerprint density at radius 1 is 0.612 bits per heavy atom. The van der Waals surface area contributed by atoms with Gasteiger partial charge in [-0.2, -0.15) is 0 Å². The fourth-order valence-electron chi connectivity index (χ4n) is 6.07. The molecule has 23 heteroatoms. The van der Waals surface area contributed by atoms with Crippen LogP contribution in [0.3, 0.4) is 0 Å². The first-order valence-corrected chi connectivity index (χ1v) is 24.0. The number of carbonyl (C=O) groups excluding carboxylic acids is 2. The number of nitrogens with zero attached hydrogens (tertiary/aromatic N) is 6. The molecule has 2 aromatic carbocycles. The van der Waals surface area contributed by atoms with E-state index in [-0.39, 0.29) is 74.3 Å². The molecule has 2 aromatic heterocycles. The molecule has 4 aromatic rings. The summed E-state index contributed by atoms with van der Waals surface area (Å²) in [5.74, 6) is -4.28. The molecule has 0 saturated carbocycles. The molecule has 0 unspecified atom stereocenters. The molecule has 360 valence electrons. The van der Waals surface area contributed by atoms with E-state index in [0.717, 1.165) is 21.1 Å². The monoisotopic (exact) mass is 1000 g/mol. The summed E-state index contributed by atoms with van der Waals surface area (Å²) in [5, 5.41) is 61.1. The molecule has 0 saturated heterocycles. The Morgan fingerprint density at radius 3 is 1.16 bits per heavy atom. The summed E-state index contributed by atoms with van der Waals surface area (Å²) in [6.07, 6.45) is 1.16. The minimum absolute atomic E-state index is 0. The van der Waals surface area contributed by atoms with Crippen LogP contribution in [0.5, 0.6) is 0 Å². The molecule has 0 bridgehead atoms. The van der Waals surface area contributed by atoms with Crippen LogP contribution in [0.1, 0.15) is 87.7 Å². The molecule has 18 nitrogen and oxygen atoms in total. The van der Waals surface area contributed by atoms with Gasteiger partial charge in [-0.3, -0.25) is 0 Å².